The lowest BCUT2D eigenvalue weighted by atomic mass is 9.87. The SMILES string of the molecule is COc1cc(C2CN(C(=O)c3ccccc3Cl)CC2C(=O)NCCC(C)C)cc(OC)c1OC. The standard InChI is InChI=1S/C26H33ClN2O5/c1-16(2)10-11-28-25(30)20-15-29(26(31)18-8-6-7-9-21(18)27)14-19(20)17-12-22(32-3)24(34-5)23(13-17)33-4/h6-9,12-13,16,19-20H,10-11,14-15H2,1-5H3,(H,28,30). The fourth-order valence-corrected chi connectivity index (χ4v) is 4.53. The van der Waals surface area contributed by atoms with E-state index in [9.17, 15) is 9.59 Å². The van der Waals surface area contributed by atoms with E-state index in [4.69, 9.17) is 25.8 Å². The van der Waals surface area contributed by atoms with Gasteiger partial charge < -0.3 is 24.4 Å². The lowest BCUT2D eigenvalue weighted by molar-refractivity contribution is -0.124. The Balaban J connectivity index is 1.95. The van der Waals surface area contributed by atoms with E-state index in [1.165, 1.54) is 0 Å². The highest BCUT2D eigenvalue weighted by Gasteiger charge is 2.41. The van der Waals surface area contributed by atoms with Crippen molar-refractivity contribution >= 4 is 23.4 Å². The maximum Gasteiger partial charge on any atom is 0.255 e. The van der Waals surface area contributed by atoms with Crippen LogP contribution in [0.5, 0.6) is 17.2 Å². The molecule has 2 atom stereocenters. The summed E-state index contributed by atoms with van der Waals surface area (Å²) in [7, 11) is 4.66. The first-order chi connectivity index (χ1) is 16.3. The second kappa shape index (κ2) is 11.5. The molecule has 2 aromatic rings. The molecule has 0 radical (unpaired) electrons. The van der Waals surface area contributed by atoms with E-state index >= 15 is 0 Å². The molecule has 0 bridgehead atoms. The number of likely N-dealkylation sites (tertiary alicyclic amines) is 1. The highest BCUT2D eigenvalue weighted by Crippen LogP contribution is 2.43. The summed E-state index contributed by atoms with van der Waals surface area (Å²) in [4.78, 5) is 28.3. The molecule has 7 nitrogen and oxygen atoms in total. The molecule has 1 N–H and O–H groups in total. The molecule has 1 saturated heterocycles. The van der Waals surface area contributed by atoms with Gasteiger partial charge in [-0.2, -0.15) is 0 Å². The number of halogens is 1. The first-order valence-electron chi connectivity index (χ1n) is 11.4. The van der Waals surface area contributed by atoms with Gasteiger partial charge in [0.25, 0.3) is 5.91 Å². The predicted molar refractivity (Wildman–Crippen MR) is 132 cm³/mol. The molecule has 1 aliphatic heterocycles. The van der Waals surface area contributed by atoms with Crippen molar-refractivity contribution in [2.24, 2.45) is 11.8 Å². The maximum atomic E-state index is 13.3. The summed E-state index contributed by atoms with van der Waals surface area (Å²) in [6, 6.07) is 10.7. The summed E-state index contributed by atoms with van der Waals surface area (Å²) in [5, 5.41) is 3.45. The molecule has 1 heterocycles. The Hall–Kier alpha value is -2.93. The molecule has 0 aliphatic carbocycles. The molecule has 0 saturated carbocycles. The Bertz CT molecular complexity index is 1000. The fourth-order valence-electron chi connectivity index (χ4n) is 4.31. The molecular weight excluding hydrogens is 456 g/mol. The van der Waals surface area contributed by atoms with Crippen LogP contribution in [0.3, 0.4) is 0 Å². The van der Waals surface area contributed by atoms with E-state index in [1.807, 2.05) is 12.1 Å². The fraction of sp³-hybridized carbons (Fsp3) is 0.462. The van der Waals surface area contributed by atoms with Crippen LogP contribution >= 0.6 is 11.6 Å². The number of hydrogen-bond donors (Lipinski definition) is 1. The number of ether oxygens (including phenoxy) is 3. The molecule has 2 aromatic carbocycles. The van der Waals surface area contributed by atoms with Crippen LogP contribution in [0.2, 0.25) is 5.02 Å². The zero-order chi connectivity index (χ0) is 24.8. The Morgan fingerprint density at radius 3 is 2.26 bits per heavy atom. The Morgan fingerprint density at radius 1 is 1.06 bits per heavy atom. The van der Waals surface area contributed by atoms with Crippen molar-refractivity contribution < 1.29 is 23.8 Å². The normalized spacial score (nSPS) is 17.6. The van der Waals surface area contributed by atoms with E-state index in [0.29, 0.717) is 53.4 Å². The van der Waals surface area contributed by atoms with Crippen LogP contribution in [0.1, 0.15) is 42.1 Å². The minimum Gasteiger partial charge on any atom is -0.493 e. The molecule has 2 unspecified atom stereocenters. The molecular formula is C26H33ClN2O5. The number of carbonyl (C=O) groups is 2. The first-order valence-corrected chi connectivity index (χ1v) is 11.8. The molecule has 3 rings (SSSR count). The number of nitrogens with one attached hydrogen (secondary N) is 1. The van der Waals surface area contributed by atoms with Crippen molar-refractivity contribution in [3.05, 3.63) is 52.5 Å². The van der Waals surface area contributed by atoms with E-state index in [1.54, 1.807) is 50.5 Å². The average molecular weight is 489 g/mol. The van der Waals surface area contributed by atoms with E-state index in [0.717, 1.165) is 12.0 Å². The second-order valence-corrected chi connectivity index (χ2v) is 9.24. The van der Waals surface area contributed by atoms with E-state index in [-0.39, 0.29) is 17.7 Å². The Kier molecular flexibility index (Phi) is 8.67. The van der Waals surface area contributed by atoms with Gasteiger partial charge in [0.2, 0.25) is 11.7 Å². The van der Waals surface area contributed by atoms with Crippen LogP contribution in [0.25, 0.3) is 0 Å². The number of amides is 2. The average Bonchev–Trinajstić information content (AvgIpc) is 3.28. The van der Waals surface area contributed by atoms with Crippen LogP contribution in [0.4, 0.5) is 0 Å². The minimum atomic E-state index is -0.429. The molecule has 1 aliphatic rings. The van der Waals surface area contributed by atoms with Crippen LogP contribution in [0, 0.1) is 11.8 Å². The van der Waals surface area contributed by atoms with Gasteiger partial charge in [-0.05, 0) is 42.2 Å². The largest absolute Gasteiger partial charge is 0.493 e. The van der Waals surface area contributed by atoms with Gasteiger partial charge >= 0.3 is 0 Å². The topological polar surface area (TPSA) is 77.1 Å². The van der Waals surface area contributed by atoms with Gasteiger partial charge in [-0.3, -0.25) is 9.59 Å². The van der Waals surface area contributed by atoms with Crippen molar-refractivity contribution in [3.8, 4) is 17.2 Å². The molecule has 8 heteroatoms. The third-order valence-electron chi connectivity index (χ3n) is 6.18. The third-order valence-corrected chi connectivity index (χ3v) is 6.51. The molecule has 2 amide bonds. The van der Waals surface area contributed by atoms with Gasteiger partial charge in [0.05, 0.1) is 37.8 Å². The van der Waals surface area contributed by atoms with Gasteiger partial charge in [0, 0.05) is 25.6 Å². The summed E-state index contributed by atoms with van der Waals surface area (Å²) in [5.41, 5.74) is 1.27. The number of nitrogens with zero attached hydrogens (tertiary/aromatic N) is 1. The molecule has 184 valence electrons. The number of carbonyl (C=O) groups excluding carboxylic acids is 2. The second-order valence-electron chi connectivity index (χ2n) is 8.84. The van der Waals surface area contributed by atoms with Crippen molar-refractivity contribution in [1.82, 2.24) is 10.2 Å². The van der Waals surface area contributed by atoms with Gasteiger partial charge in [0.1, 0.15) is 0 Å². The zero-order valence-electron chi connectivity index (χ0n) is 20.4. The van der Waals surface area contributed by atoms with Crippen LogP contribution in [-0.4, -0.2) is 57.7 Å². The van der Waals surface area contributed by atoms with Crippen molar-refractivity contribution in [2.45, 2.75) is 26.2 Å². The number of methoxy groups -OCH3 is 3. The van der Waals surface area contributed by atoms with Crippen molar-refractivity contribution in [3.63, 3.8) is 0 Å². The van der Waals surface area contributed by atoms with E-state index < -0.39 is 5.92 Å². The molecule has 0 aromatic heterocycles. The first kappa shape index (κ1) is 25.7. The summed E-state index contributed by atoms with van der Waals surface area (Å²) in [6.07, 6.45) is 0.885. The summed E-state index contributed by atoms with van der Waals surface area (Å²) in [6.45, 7) is 5.48. The smallest absolute Gasteiger partial charge is 0.255 e. The number of rotatable bonds is 9. The lowest BCUT2D eigenvalue weighted by Gasteiger charge is -2.21. The zero-order valence-corrected chi connectivity index (χ0v) is 21.1. The molecule has 0 spiro atoms. The van der Waals surface area contributed by atoms with Gasteiger partial charge in [-0.1, -0.05) is 37.6 Å². The van der Waals surface area contributed by atoms with Crippen LogP contribution in [0.15, 0.2) is 36.4 Å². The van der Waals surface area contributed by atoms with Crippen molar-refractivity contribution in [1.29, 1.82) is 0 Å². The van der Waals surface area contributed by atoms with Crippen LogP contribution in [-0.2, 0) is 4.79 Å². The van der Waals surface area contributed by atoms with Gasteiger partial charge in [-0.25, -0.2) is 0 Å². The summed E-state index contributed by atoms with van der Waals surface area (Å²) in [5.74, 6) is 1.02. The van der Waals surface area contributed by atoms with Gasteiger partial charge in [0.15, 0.2) is 11.5 Å². The monoisotopic (exact) mass is 488 g/mol. The molecule has 1 fully saturated rings. The van der Waals surface area contributed by atoms with Crippen LogP contribution < -0.4 is 19.5 Å². The Labute approximate surface area is 206 Å². The Morgan fingerprint density at radius 2 is 1.71 bits per heavy atom. The highest BCUT2D eigenvalue weighted by molar-refractivity contribution is 6.33. The molecule has 34 heavy (non-hydrogen) atoms. The number of hydrogen-bond acceptors (Lipinski definition) is 5. The van der Waals surface area contributed by atoms with Gasteiger partial charge in [-0.15, -0.1) is 0 Å². The van der Waals surface area contributed by atoms with E-state index in [2.05, 4.69) is 19.2 Å². The highest BCUT2D eigenvalue weighted by atomic mass is 35.5. The maximum absolute atomic E-state index is 13.3. The predicted octanol–water partition coefficient (Wildman–Crippen LogP) is 4.38. The summed E-state index contributed by atoms with van der Waals surface area (Å²) >= 11 is 6.29. The third kappa shape index (κ3) is 5.58. The quantitative estimate of drug-likeness (QED) is 0.566. The van der Waals surface area contributed by atoms with Crippen molar-refractivity contribution in [2.75, 3.05) is 41.0 Å². The number of benzene rings is 2. The minimum absolute atomic E-state index is 0.0751. The summed E-state index contributed by atoms with van der Waals surface area (Å²) < 4.78 is 16.5. The lowest BCUT2D eigenvalue weighted by Crippen LogP contribution is -2.36.